The Labute approximate surface area is 129 Å². The molecule has 116 valence electrons. The minimum absolute atomic E-state index is 0.832. The molecule has 0 bridgehead atoms. The lowest BCUT2D eigenvalue weighted by Gasteiger charge is -2.37. The average Bonchev–Trinajstić information content (AvgIpc) is 2.97. The zero-order chi connectivity index (χ0) is 14.5. The highest BCUT2D eigenvalue weighted by molar-refractivity contribution is 5.23. The van der Waals surface area contributed by atoms with Gasteiger partial charge in [0.2, 0.25) is 0 Å². The molecule has 1 atom stereocenters. The van der Waals surface area contributed by atoms with Crippen LogP contribution in [0.3, 0.4) is 0 Å². The molecule has 1 N–H and O–H groups in total. The van der Waals surface area contributed by atoms with Crippen molar-refractivity contribution in [2.45, 2.75) is 38.8 Å². The fourth-order valence-electron chi connectivity index (χ4n) is 3.68. The molecule has 3 heteroatoms. The molecule has 3 rings (SSSR count). The Bertz CT molecular complexity index is 429. The molecule has 1 unspecified atom stereocenters. The summed E-state index contributed by atoms with van der Waals surface area (Å²) in [6.07, 6.45) is 3.94. The lowest BCUT2D eigenvalue weighted by Crippen LogP contribution is -2.49. The summed E-state index contributed by atoms with van der Waals surface area (Å²) in [5.41, 5.74) is 2.91. The van der Waals surface area contributed by atoms with Crippen LogP contribution in [0.15, 0.2) is 24.3 Å². The van der Waals surface area contributed by atoms with Crippen LogP contribution in [-0.4, -0.2) is 55.1 Å². The topological polar surface area (TPSA) is 18.5 Å². The summed E-state index contributed by atoms with van der Waals surface area (Å²) in [5, 5.41) is 3.39. The molecule has 3 nitrogen and oxygen atoms in total. The predicted molar refractivity (Wildman–Crippen MR) is 88.6 cm³/mol. The first-order valence-electron chi connectivity index (χ1n) is 8.60. The summed E-state index contributed by atoms with van der Waals surface area (Å²) in [5.74, 6) is 0. The Morgan fingerprint density at radius 3 is 2.71 bits per heavy atom. The normalized spacial score (nSPS) is 23.4. The van der Waals surface area contributed by atoms with E-state index in [0.717, 1.165) is 32.1 Å². The van der Waals surface area contributed by atoms with Gasteiger partial charge in [-0.2, -0.15) is 0 Å². The minimum atomic E-state index is 0.832. The van der Waals surface area contributed by atoms with E-state index in [0.29, 0.717) is 0 Å². The van der Waals surface area contributed by atoms with E-state index in [1.165, 1.54) is 50.1 Å². The maximum Gasteiger partial charge on any atom is 0.0234 e. The van der Waals surface area contributed by atoms with Gasteiger partial charge in [-0.3, -0.25) is 9.80 Å². The van der Waals surface area contributed by atoms with Crippen LogP contribution in [0.5, 0.6) is 0 Å². The molecule has 21 heavy (non-hydrogen) atoms. The average molecular weight is 287 g/mol. The molecule has 1 aromatic carbocycles. The molecular weight excluding hydrogens is 258 g/mol. The molecule has 0 spiro atoms. The maximum absolute atomic E-state index is 3.39. The summed E-state index contributed by atoms with van der Waals surface area (Å²) < 4.78 is 0. The summed E-state index contributed by atoms with van der Waals surface area (Å²) in [7, 11) is 0. The monoisotopic (exact) mass is 287 g/mol. The quantitative estimate of drug-likeness (QED) is 0.809. The van der Waals surface area contributed by atoms with Crippen molar-refractivity contribution < 1.29 is 0 Å². The molecule has 2 heterocycles. The van der Waals surface area contributed by atoms with Gasteiger partial charge in [0, 0.05) is 32.2 Å². The lowest BCUT2D eigenvalue weighted by atomic mass is 10.1. The predicted octanol–water partition coefficient (Wildman–Crippen LogP) is 2.12. The van der Waals surface area contributed by atoms with Crippen LogP contribution in [0.2, 0.25) is 0 Å². The van der Waals surface area contributed by atoms with Crippen LogP contribution in [0.25, 0.3) is 0 Å². The molecule has 2 fully saturated rings. The zero-order valence-corrected chi connectivity index (χ0v) is 13.4. The van der Waals surface area contributed by atoms with E-state index in [2.05, 4.69) is 46.3 Å². The molecule has 0 radical (unpaired) electrons. The van der Waals surface area contributed by atoms with Crippen LogP contribution >= 0.6 is 0 Å². The number of hydrogen-bond donors (Lipinski definition) is 1. The molecule has 0 amide bonds. The van der Waals surface area contributed by atoms with E-state index in [1.807, 2.05) is 0 Å². The highest BCUT2D eigenvalue weighted by Crippen LogP contribution is 2.22. The van der Waals surface area contributed by atoms with E-state index in [-0.39, 0.29) is 0 Å². The molecule has 2 aliphatic heterocycles. The Morgan fingerprint density at radius 1 is 1.10 bits per heavy atom. The standard InChI is InChI=1S/C18H29N3/c1-2-19-10-9-16-5-7-17(8-6-16)14-20-12-13-21-11-3-4-18(21)15-20/h5-8,18-19H,2-4,9-15H2,1H3. The van der Waals surface area contributed by atoms with Gasteiger partial charge in [-0.25, -0.2) is 0 Å². The zero-order valence-electron chi connectivity index (χ0n) is 13.4. The molecule has 0 saturated carbocycles. The fraction of sp³-hybridized carbons (Fsp3) is 0.667. The first kappa shape index (κ1) is 15.0. The number of nitrogens with one attached hydrogen (secondary N) is 1. The fourth-order valence-corrected chi connectivity index (χ4v) is 3.68. The van der Waals surface area contributed by atoms with E-state index in [1.54, 1.807) is 0 Å². The van der Waals surface area contributed by atoms with E-state index in [9.17, 15) is 0 Å². The van der Waals surface area contributed by atoms with Gasteiger partial charge >= 0.3 is 0 Å². The Balaban J connectivity index is 1.48. The maximum atomic E-state index is 3.39. The van der Waals surface area contributed by atoms with Gasteiger partial charge in [0.15, 0.2) is 0 Å². The Kier molecular flexibility index (Phi) is 5.28. The molecule has 2 aliphatic rings. The van der Waals surface area contributed by atoms with Crippen molar-refractivity contribution in [1.29, 1.82) is 0 Å². The first-order valence-corrected chi connectivity index (χ1v) is 8.60. The van der Waals surface area contributed by atoms with Gasteiger partial charge in [0.1, 0.15) is 0 Å². The van der Waals surface area contributed by atoms with Crippen LogP contribution in [0.4, 0.5) is 0 Å². The van der Waals surface area contributed by atoms with E-state index < -0.39 is 0 Å². The van der Waals surface area contributed by atoms with Crippen LogP contribution in [0.1, 0.15) is 30.9 Å². The van der Waals surface area contributed by atoms with Crippen molar-refractivity contribution in [3.63, 3.8) is 0 Å². The van der Waals surface area contributed by atoms with Crippen LogP contribution < -0.4 is 5.32 Å². The van der Waals surface area contributed by atoms with Crippen molar-refractivity contribution in [3.8, 4) is 0 Å². The van der Waals surface area contributed by atoms with Crippen molar-refractivity contribution in [1.82, 2.24) is 15.1 Å². The SMILES string of the molecule is CCNCCc1ccc(CN2CCN3CCCC3C2)cc1. The third-order valence-electron chi connectivity index (χ3n) is 4.94. The van der Waals surface area contributed by atoms with Gasteiger partial charge < -0.3 is 5.32 Å². The van der Waals surface area contributed by atoms with E-state index >= 15 is 0 Å². The summed E-state index contributed by atoms with van der Waals surface area (Å²) in [4.78, 5) is 5.32. The van der Waals surface area contributed by atoms with Gasteiger partial charge in [0.05, 0.1) is 0 Å². The van der Waals surface area contributed by atoms with E-state index in [4.69, 9.17) is 0 Å². The van der Waals surface area contributed by atoms with Crippen molar-refractivity contribution in [3.05, 3.63) is 35.4 Å². The van der Waals surface area contributed by atoms with Crippen LogP contribution in [0, 0.1) is 0 Å². The number of benzene rings is 1. The number of hydrogen-bond acceptors (Lipinski definition) is 3. The van der Waals surface area contributed by atoms with Gasteiger partial charge in [-0.1, -0.05) is 31.2 Å². The van der Waals surface area contributed by atoms with Crippen molar-refractivity contribution in [2.75, 3.05) is 39.3 Å². The largest absolute Gasteiger partial charge is 0.317 e. The molecule has 0 aromatic heterocycles. The Morgan fingerprint density at radius 2 is 1.90 bits per heavy atom. The Hall–Kier alpha value is -0.900. The highest BCUT2D eigenvalue weighted by Gasteiger charge is 2.30. The number of fused-ring (bicyclic) bond motifs is 1. The number of rotatable bonds is 6. The van der Waals surface area contributed by atoms with Gasteiger partial charge in [-0.15, -0.1) is 0 Å². The van der Waals surface area contributed by atoms with Crippen molar-refractivity contribution >= 4 is 0 Å². The van der Waals surface area contributed by atoms with Gasteiger partial charge in [-0.05, 0) is 50.0 Å². The van der Waals surface area contributed by atoms with Crippen molar-refractivity contribution in [2.24, 2.45) is 0 Å². The third kappa shape index (κ3) is 4.06. The number of nitrogens with zero attached hydrogens (tertiary/aromatic N) is 2. The molecule has 1 aromatic rings. The molecule has 2 saturated heterocycles. The lowest BCUT2D eigenvalue weighted by molar-refractivity contribution is 0.0994. The summed E-state index contributed by atoms with van der Waals surface area (Å²) in [6, 6.07) is 10.1. The molecular formula is C18H29N3. The molecule has 0 aliphatic carbocycles. The smallest absolute Gasteiger partial charge is 0.0234 e. The highest BCUT2D eigenvalue weighted by atomic mass is 15.3. The van der Waals surface area contributed by atoms with Gasteiger partial charge in [0.25, 0.3) is 0 Å². The summed E-state index contributed by atoms with van der Waals surface area (Å²) >= 11 is 0. The number of piperazine rings is 1. The second-order valence-electron chi connectivity index (χ2n) is 6.49. The number of likely N-dealkylation sites (N-methyl/N-ethyl adjacent to an activating group) is 1. The summed E-state index contributed by atoms with van der Waals surface area (Å²) in [6.45, 7) is 10.5. The van der Waals surface area contributed by atoms with Crippen LogP contribution in [-0.2, 0) is 13.0 Å². The third-order valence-corrected chi connectivity index (χ3v) is 4.94. The second-order valence-corrected chi connectivity index (χ2v) is 6.49. The second kappa shape index (κ2) is 7.39. The first-order chi connectivity index (χ1) is 10.3. The minimum Gasteiger partial charge on any atom is -0.317 e.